The summed E-state index contributed by atoms with van der Waals surface area (Å²) in [4.78, 5) is 8.56. The predicted octanol–water partition coefficient (Wildman–Crippen LogP) is 4.74. The fourth-order valence-electron chi connectivity index (χ4n) is 3.63. The Morgan fingerprint density at radius 2 is 2.03 bits per heavy atom. The minimum Gasteiger partial charge on any atom is -0.382 e. The minimum atomic E-state index is -2.81. The lowest BCUT2D eigenvalue weighted by atomic mass is 10.1. The Hall–Kier alpha value is -4.15. The lowest BCUT2D eigenvalue weighted by molar-refractivity contribution is 0.0817. The molecule has 1 unspecified atom stereocenters. The van der Waals surface area contributed by atoms with E-state index >= 15 is 0 Å². The molecule has 0 bridgehead atoms. The molecule has 0 aliphatic heterocycles. The Morgan fingerprint density at radius 3 is 2.68 bits per heavy atom. The molecule has 3 N–H and O–H groups in total. The number of nitrogen functional groups attached to an aromatic ring is 1. The molecule has 174 valence electrons. The Bertz CT molecular complexity index is 1380. The SMILES string of the molecule is C=C(Nc1cnc(-c2cc(-c3ccon3)n(Cc3ccccc3F)n2)nc1N)C1(C)CC1(F)F. The van der Waals surface area contributed by atoms with Gasteiger partial charge in [-0.05, 0) is 19.1 Å². The van der Waals surface area contributed by atoms with Crippen LogP contribution >= 0.6 is 0 Å². The van der Waals surface area contributed by atoms with Gasteiger partial charge in [0.1, 0.15) is 23.5 Å². The second-order valence-electron chi connectivity index (χ2n) is 8.36. The summed E-state index contributed by atoms with van der Waals surface area (Å²) in [5.74, 6) is -2.93. The second-order valence-corrected chi connectivity index (χ2v) is 8.36. The monoisotopic (exact) mass is 467 g/mol. The molecular weight excluding hydrogens is 447 g/mol. The molecule has 5 rings (SSSR count). The van der Waals surface area contributed by atoms with Gasteiger partial charge in [-0.3, -0.25) is 4.68 Å². The normalized spacial score (nSPS) is 18.6. The van der Waals surface area contributed by atoms with E-state index in [1.165, 1.54) is 25.5 Å². The van der Waals surface area contributed by atoms with E-state index in [0.717, 1.165) is 0 Å². The van der Waals surface area contributed by atoms with Crippen molar-refractivity contribution in [3.63, 3.8) is 0 Å². The number of aromatic nitrogens is 5. The molecule has 4 aromatic rings. The Balaban J connectivity index is 1.45. The number of anilines is 2. The molecule has 34 heavy (non-hydrogen) atoms. The van der Waals surface area contributed by atoms with Gasteiger partial charge in [0, 0.05) is 23.7 Å². The quantitative estimate of drug-likeness (QED) is 0.404. The van der Waals surface area contributed by atoms with Crippen molar-refractivity contribution in [3.8, 4) is 22.9 Å². The van der Waals surface area contributed by atoms with Gasteiger partial charge in [0.15, 0.2) is 11.6 Å². The van der Waals surface area contributed by atoms with Crippen LogP contribution in [0.25, 0.3) is 22.9 Å². The van der Waals surface area contributed by atoms with Crippen LogP contribution in [0.15, 0.2) is 65.7 Å². The first-order valence-corrected chi connectivity index (χ1v) is 10.4. The van der Waals surface area contributed by atoms with E-state index in [1.807, 2.05) is 0 Å². The zero-order valence-corrected chi connectivity index (χ0v) is 18.1. The van der Waals surface area contributed by atoms with Gasteiger partial charge in [-0.2, -0.15) is 5.10 Å². The average molecular weight is 467 g/mol. The van der Waals surface area contributed by atoms with Gasteiger partial charge in [-0.25, -0.2) is 23.1 Å². The molecular formula is C23H20F3N7O. The van der Waals surface area contributed by atoms with Gasteiger partial charge in [0.2, 0.25) is 0 Å². The zero-order chi connectivity index (χ0) is 24.1. The number of nitrogens with zero attached hydrogens (tertiary/aromatic N) is 5. The highest BCUT2D eigenvalue weighted by atomic mass is 19.3. The molecule has 3 aromatic heterocycles. The van der Waals surface area contributed by atoms with Crippen molar-refractivity contribution in [2.45, 2.75) is 25.8 Å². The first-order valence-electron chi connectivity index (χ1n) is 10.4. The highest BCUT2D eigenvalue weighted by Crippen LogP contribution is 2.63. The molecule has 1 fully saturated rings. The first kappa shape index (κ1) is 21.7. The number of hydrogen-bond donors (Lipinski definition) is 2. The summed E-state index contributed by atoms with van der Waals surface area (Å²) >= 11 is 0. The van der Waals surface area contributed by atoms with Crippen LogP contribution in [0.1, 0.15) is 18.9 Å². The molecule has 0 amide bonds. The zero-order valence-electron chi connectivity index (χ0n) is 18.1. The van der Waals surface area contributed by atoms with Crippen LogP contribution in [0, 0.1) is 11.2 Å². The van der Waals surface area contributed by atoms with E-state index in [9.17, 15) is 13.2 Å². The van der Waals surface area contributed by atoms with Crippen molar-refractivity contribution in [1.82, 2.24) is 24.9 Å². The second kappa shape index (κ2) is 7.72. The number of rotatable bonds is 7. The Labute approximate surface area is 192 Å². The molecule has 0 radical (unpaired) electrons. The number of halogens is 3. The average Bonchev–Trinajstić information content (AvgIpc) is 3.23. The predicted molar refractivity (Wildman–Crippen MR) is 119 cm³/mol. The minimum absolute atomic E-state index is 0.0466. The number of benzene rings is 1. The van der Waals surface area contributed by atoms with E-state index in [-0.39, 0.29) is 41.8 Å². The van der Waals surface area contributed by atoms with Crippen LogP contribution in [0.3, 0.4) is 0 Å². The van der Waals surface area contributed by atoms with Gasteiger partial charge in [-0.15, -0.1) is 0 Å². The molecule has 11 heteroatoms. The smallest absolute Gasteiger partial charge is 0.260 e. The highest BCUT2D eigenvalue weighted by Gasteiger charge is 2.69. The van der Waals surface area contributed by atoms with Crippen molar-refractivity contribution in [2.75, 3.05) is 11.1 Å². The van der Waals surface area contributed by atoms with Gasteiger partial charge < -0.3 is 15.6 Å². The van der Waals surface area contributed by atoms with Crippen molar-refractivity contribution in [1.29, 1.82) is 0 Å². The van der Waals surface area contributed by atoms with Gasteiger partial charge in [-0.1, -0.05) is 29.9 Å². The first-order chi connectivity index (χ1) is 16.2. The summed E-state index contributed by atoms with van der Waals surface area (Å²) in [7, 11) is 0. The summed E-state index contributed by atoms with van der Waals surface area (Å²) in [5, 5.41) is 11.3. The van der Waals surface area contributed by atoms with E-state index in [2.05, 4.69) is 32.1 Å². The molecule has 1 aliphatic carbocycles. The summed E-state index contributed by atoms with van der Waals surface area (Å²) in [6.07, 6.45) is 2.52. The number of hydrogen-bond acceptors (Lipinski definition) is 7. The van der Waals surface area contributed by atoms with E-state index in [0.29, 0.717) is 22.6 Å². The fraction of sp³-hybridized carbons (Fsp3) is 0.217. The van der Waals surface area contributed by atoms with Crippen molar-refractivity contribution in [3.05, 3.63) is 72.5 Å². The maximum absolute atomic E-state index is 14.2. The molecule has 1 saturated carbocycles. The summed E-state index contributed by atoms with van der Waals surface area (Å²) in [6, 6.07) is 9.72. The van der Waals surface area contributed by atoms with Crippen LogP contribution < -0.4 is 11.1 Å². The molecule has 0 saturated heterocycles. The third-order valence-corrected chi connectivity index (χ3v) is 6.01. The van der Waals surface area contributed by atoms with Crippen LogP contribution in [-0.2, 0) is 6.54 Å². The molecule has 1 aliphatic rings. The number of nitrogens with two attached hydrogens (primary N) is 1. The maximum Gasteiger partial charge on any atom is 0.260 e. The number of allylic oxidation sites excluding steroid dienone is 1. The summed E-state index contributed by atoms with van der Waals surface area (Å²) < 4.78 is 48.0. The molecule has 0 spiro atoms. The van der Waals surface area contributed by atoms with Gasteiger partial charge >= 0.3 is 0 Å². The van der Waals surface area contributed by atoms with Crippen molar-refractivity contribution < 1.29 is 17.7 Å². The number of nitrogens with one attached hydrogen (secondary N) is 1. The molecule has 8 nitrogen and oxygen atoms in total. The molecule has 3 heterocycles. The van der Waals surface area contributed by atoms with Crippen molar-refractivity contribution in [2.24, 2.45) is 5.41 Å². The number of alkyl halides is 2. The summed E-state index contributed by atoms with van der Waals surface area (Å²) in [5.41, 5.74) is 7.00. The van der Waals surface area contributed by atoms with Crippen LogP contribution in [0.5, 0.6) is 0 Å². The van der Waals surface area contributed by atoms with Crippen LogP contribution in [-0.4, -0.2) is 30.8 Å². The third-order valence-electron chi connectivity index (χ3n) is 6.01. The highest BCUT2D eigenvalue weighted by molar-refractivity contribution is 5.68. The fourth-order valence-corrected chi connectivity index (χ4v) is 3.63. The Morgan fingerprint density at radius 1 is 1.26 bits per heavy atom. The largest absolute Gasteiger partial charge is 0.382 e. The standard InChI is InChI=1S/C23H20F3N7O/c1-13(22(2)12-23(22,25)26)29-18-10-28-21(30-20(18)27)17-9-19(16-7-8-34-32-16)33(31-17)11-14-5-3-4-6-15(14)24/h3-10,29H,1,11-12H2,2H3,(H2,27,28,30). The Kier molecular flexibility index (Phi) is 4.92. The van der Waals surface area contributed by atoms with Crippen molar-refractivity contribution >= 4 is 11.5 Å². The van der Waals surface area contributed by atoms with Crippen LogP contribution in [0.4, 0.5) is 24.7 Å². The van der Waals surface area contributed by atoms with E-state index < -0.39 is 11.3 Å². The lowest BCUT2D eigenvalue weighted by Gasteiger charge is -2.17. The van der Waals surface area contributed by atoms with Gasteiger partial charge in [0.25, 0.3) is 5.92 Å². The van der Waals surface area contributed by atoms with Crippen LogP contribution in [0.2, 0.25) is 0 Å². The van der Waals surface area contributed by atoms with Gasteiger partial charge in [0.05, 0.1) is 29.5 Å². The third kappa shape index (κ3) is 3.68. The topological polar surface area (TPSA) is 108 Å². The lowest BCUT2D eigenvalue weighted by Crippen LogP contribution is -2.16. The maximum atomic E-state index is 14.2. The molecule has 1 atom stereocenters. The van der Waals surface area contributed by atoms with E-state index in [1.54, 1.807) is 35.0 Å². The molecule has 1 aromatic carbocycles. The summed E-state index contributed by atoms with van der Waals surface area (Å²) in [6.45, 7) is 5.29. The van der Waals surface area contributed by atoms with E-state index in [4.69, 9.17) is 10.3 Å².